The Morgan fingerprint density at radius 1 is 0.633 bits per heavy atom. The molecule has 4 rings (SSSR count). The molecule has 0 saturated heterocycles. The number of aromatic nitrogens is 2. The maximum Gasteiger partial charge on any atom is 0.573 e. The summed E-state index contributed by atoms with van der Waals surface area (Å²) in [5.41, 5.74) is 1.82. The van der Waals surface area contributed by atoms with Gasteiger partial charge in [-0.3, -0.25) is 9.59 Å². The Labute approximate surface area is 343 Å². The highest BCUT2D eigenvalue weighted by Gasteiger charge is 2.31. The molecule has 1 aromatic heterocycles. The molecule has 16 nitrogen and oxygen atoms in total. The van der Waals surface area contributed by atoms with Crippen molar-refractivity contribution in [2.24, 2.45) is 0 Å². The molecule has 60 heavy (non-hydrogen) atoms. The lowest BCUT2D eigenvalue weighted by atomic mass is 9.79. The predicted octanol–water partition coefficient (Wildman–Crippen LogP) is 2.86. The topological polar surface area (TPSA) is 201 Å². The minimum absolute atomic E-state index is 0.0510. The van der Waals surface area contributed by atoms with Gasteiger partial charge in [0.15, 0.2) is 0 Å². The minimum atomic E-state index is -4.78. The third-order valence-electron chi connectivity index (χ3n) is 7.91. The van der Waals surface area contributed by atoms with E-state index >= 15 is 0 Å². The molecule has 0 aliphatic heterocycles. The van der Waals surface area contributed by atoms with Gasteiger partial charge in [0, 0.05) is 47.0 Å². The number of hydrogen-bond acceptors (Lipinski definition) is 14. The SMILES string of the molecule is O=C(NCCOCCOCCOCCOCCOCCOCCNC(=O)c1ccc(B(O)O)c(F)c1)c1cccc(-c2cc(Nc3ccc(OC(F)(F)F)cc3)ncn2)c1. The maximum atomic E-state index is 13.8. The van der Waals surface area contributed by atoms with E-state index in [2.05, 4.69) is 30.7 Å². The second kappa shape index (κ2) is 26.1. The molecular formula is C39H46BF4N5O11. The average Bonchev–Trinajstić information content (AvgIpc) is 3.22. The Bertz CT molecular complexity index is 1900. The summed E-state index contributed by atoms with van der Waals surface area (Å²) >= 11 is 0. The van der Waals surface area contributed by atoms with Gasteiger partial charge in [0.05, 0.1) is 85.0 Å². The lowest BCUT2D eigenvalue weighted by molar-refractivity contribution is -0.274. The fourth-order valence-electron chi connectivity index (χ4n) is 5.05. The summed E-state index contributed by atoms with van der Waals surface area (Å²) in [7, 11) is -1.96. The highest BCUT2D eigenvalue weighted by Crippen LogP contribution is 2.26. The molecule has 21 heteroatoms. The second-order valence-corrected chi connectivity index (χ2v) is 12.4. The van der Waals surface area contributed by atoms with Gasteiger partial charge in [-0.1, -0.05) is 18.2 Å². The Hall–Kier alpha value is -5.26. The number of alkyl halides is 3. The molecule has 324 valence electrons. The van der Waals surface area contributed by atoms with Gasteiger partial charge in [0.2, 0.25) is 0 Å². The first kappa shape index (κ1) is 47.4. The largest absolute Gasteiger partial charge is 0.573 e. The highest BCUT2D eigenvalue weighted by atomic mass is 19.4. The van der Waals surface area contributed by atoms with Crippen LogP contribution in [-0.2, 0) is 28.4 Å². The highest BCUT2D eigenvalue weighted by molar-refractivity contribution is 6.58. The van der Waals surface area contributed by atoms with Crippen molar-refractivity contribution < 1.29 is 70.4 Å². The summed E-state index contributed by atoms with van der Waals surface area (Å²) in [4.78, 5) is 33.3. The number of nitrogens with zero attached hydrogens (tertiary/aromatic N) is 2. The van der Waals surface area contributed by atoms with Crippen LogP contribution in [0.25, 0.3) is 11.3 Å². The van der Waals surface area contributed by atoms with E-state index in [4.69, 9.17) is 38.5 Å². The minimum Gasteiger partial charge on any atom is -0.423 e. The molecule has 0 unspecified atom stereocenters. The first-order valence-corrected chi connectivity index (χ1v) is 18.7. The smallest absolute Gasteiger partial charge is 0.423 e. The lowest BCUT2D eigenvalue weighted by Gasteiger charge is -2.11. The van der Waals surface area contributed by atoms with Crippen molar-refractivity contribution in [1.82, 2.24) is 20.6 Å². The van der Waals surface area contributed by atoms with Gasteiger partial charge in [-0.05, 0) is 48.5 Å². The molecule has 0 aliphatic carbocycles. The third-order valence-corrected chi connectivity index (χ3v) is 7.91. The molecule has 5 N–H and O–H groups in total. The molecule has 3 aromatic carbocycles. The van der Waals surface area contributed by atoms with Crippen LogP contribution in [0.5, 0.6) is 5.75 Å². The zero-order valence-corrected chi connectivity index (χ0v) is 32.5. The molecule has 1 heterocycles. The van der Waals surface area contributed by atoms with Crippen LogP contribution in [-0.4, -0.2) is 138 Å². The van der Waals surface area contributed by atoms with Crippen LogP contribution in [0.3, 0.4) is 0 Å². The number of anilines is 2. The molecular weight excluding hydrogens is 801 g/mol. The second-order valence-electron chi connectivity index (χ2n) is 12.4. The number of carbonyl (C=O) groups is 2. The van der Waals surface area contributed by atoms with Gasteiger partial charge >= 0.3 is 13.5 Å². The van der Waals surface area contributed by atoms with Crippen molar-refractivity contribution in [2.75, 3.05) is 97.7 Å². The summed E-state index contributed by atoms with van der Waals surface area (Å²) in [5, 5.41) is 26.5. The van der Waals surface area contributed by atoms with Crippen LogP contribution >= 0.6 is 0 Å². The summed E-state index contributed by atoms with van der Waals surface area (Å²) in [6, 6.07) is 17.1. The Balaban J connectivity index is 0.931. The third kappa shape index (κ3) is 18.3. The fourth-order valence-corrected chi connectivity index (χ4v) is 5.05. The molecule has 0 bridgehead atoms. The van der Waals surface area contributed by atoms with E-state index in [0.717, 1.165) is 12.1 Å². The number of halogens is 4. The summed E-state index contributed by atoms with van der Waals surface area (Å²) in [6.07, 6.45) is -3.45. The van der Waals surface area contributed by atoms with Crippen molar-refractivity contribution in [2.45, 2.75) is 6.36 Å². The van der Waals surface area contributed by atoms with Gasteiger partial charge in [0.1, 0.15) is 23.7 Å². The first-order chi connectivity index (χ1) is 29.0. The van der Waals surface area contributed by atoms with Crippen molar-refractivity contribution in [3.05, 3.63) is 96.1 Å². The van der Waals surface area contributed by atoms with E-state index in [1.54, 1.807) is 30.3 Å². The average molecular weight is 848 g/mol. The normalized spacial score (nSPS) is 11.3. The zero-order chi connectivity index (χ0) is 43.0. The maximum absolute atomic E-state index is 13.8. The van der Waals surface area contributed by atoms with Crippen LogP contribution in [0.2, 0.25) is 0 Å². The molecule has 2 amide bonds. The van der Waals surface area contributed by atoms with Crippen LogP contribution in [0, 0.1) is 5.82 Å². The van der Waals surface area contributed by atoms with Gasteiger partial charge in [-0.2, -0.15) is 0 Å². The number of benzene rings is 3. The van der Waals surface area contributed by atoms with E-state index in [9.17, 15) is 27.2 Å². The number of carbonyl (C=O) groups excluding carboxylic acids is 2. The lowest BCUT2D eigenvalue weighted by Crippen LogP contribution is -2.34. The molecule has 0 atom stereocenters. The first-order valence-electron chi connectivity index (χ1n) is 18.7. The van der Waals surface area contributed by atoms with E-state index in [-0.39, 0.29) is 49.0 Å². The molecule has 0 fully saturated rings. The van der Waals surface area contributed by atoms with Gasteiger partial charge in [-0.15, -0.1) is 13.2 Å². The van der Waals surface area contributed by atoms with Gasteiger partial charge in [0.25, 0.3) is 11.8 Å². The standard InChI is InChI=1S/C39H46BF4N5O11/c41-34-25-30(4-9-33(34)40(52)53)38(51)46-11-13-55-15-17-57-19-21-59-23-22-58-20-18-56-16-14-54-12-10-45-37(50)29-3-1-2-28(24-29)35-26-36(48-27-47-35)49-31-5-7-32(8-6-31)60-39(42,43)44/h1-9,24-27,52-53H,10-23H2,(H,45,50)(H,46,51)(H,47,48,49). The monoisotopic (exact) mass is 847 g/mol. The molecule has 4 aromatic rings. The van der Waals surface area contributed by atoms with Crippen LogP contribution < -0.4 is 26.2 Å². The molecule has 0 spiro atoms. The summed E-state index contributed by atoms with van der Waals surface area (Å²) < 4.78 is 87.7. The van der Waals surface area contributed by atoms with Crippen molar-refractivity contribution >= 4 is 35.9 Å². The molecule has 0 saturated carbocycles. The van der Waals surface area contributed by atoms with Crippen molar-refractivity contribution in [1.29, 1.82) is 0 Å². The number of nitrogens with one attached hydrogen (secondary N) is 3. The number of amides is 2. The number of ether oxygens (including phenoxy) is 7. The number of hydrogen-bond donors (Lipinski definition) is 5. The predicted molar refractivity (Wildman–Crippen MR) is 210 cm³/mol. The van der Waals surface area contributed by atoms with E-state index in [1.165, 1.54) is 36.7 Å². The quantitative estimate of drug-likeness (QED) is 0.0318. The van der Waals surface area contributed by atoms with Crippen LogP contribution in [0.15, 0.2) is 79.1 Å². The van der Waals surface area contributed by atoms with E-state index in [0.29, 0.717) is 94.4 Å². The Morgan fingerprint density at radius 3 is 1.65 bits per heavy atom. The van der Waals surface area contributed by atoms with Gasteiger partial charge < -0.3 is 59.2 Å². The summed E-state index contributed by atoms with van der Waals surface area (Å²) in [5.74, 6) is -1.64. The Morgan fingerprint density at radius 2 is 1.15 bits per heavy atom. The summed E-state index contributed by atoms with van der Waals surface area (Å²) in [6.45, 7) is 4.61. The molecule has 0 aliphatic rings. The van der Waals surface area contributed by atoms with Crippen LogP contribution in [0.1, 0.15) is 20.7 Å². The Kier molecular flexibility index (Phi) is 20.6. The molecule has 0 radical (unpaired) electrons. The van der Waals surface area contributed by atoms with E-state index in [1.807, 2.05) is 0 Å². The zero-order valence-electron chi connectivity index (χ0n) is 32.5. The fraction of sp³-hybridized carbons (Fsp3) is 0.385. The van der Waals surface area contributed by atoms with Crippen LogP contribution in [0.4, 0.5) is 29.1 Å². The number of rotatable bonds is 28. The van der Waals surface area contributed by atoms with Gasteiger partial charge in [-0.25, -0.2) is 14.4 Å². The van der Waals surface area contributed by atoms with Crippen molar-refractivity contribution in [3.63, 3.8) is 0 Å². The van der Waals surface area contributed by atoms with Crippen molar-refractivity contribution in [3.8, 4) is 17.0 Å². The van der Waals surface area contributed by atoms with E-state index < -0.39 is 25.2 Å².